The number of nitrogens with one attached hydrogen (secondary N) is 1. The molecule has 3 atom stereocenters. The van der Waals surface area contributed by atoms with E-state index >= 15 is 0 Å². The van der Waals surface area contributed by atoms with Crippen LogP contribution in [0.4, 0.5) is 4.79 Å². The summed E-state index contributed by atoms with van der Waals surface area (Å²) in [4.78, 5) is 24.4. The lowest BCUT2D eigenvalue weighted by Gasteiger charge is -2.18. The molecule has 1 aliphatic heterocycles. The third-order valence-electron chi connectivity index (χ3n) is 3.62. The van der Waals surface area contributed by atoms with Crippen molar-refractivity contribution in [2.45, 2.75) is 27.2 Å². The first kappa shape index (κ1) is 13.8. The van der Waals surface area contributed by atoms with Gasteiger partial charge in [0.15, 0.2) is 0 Å². The van der Waals surface area contributed by atoms with Gasteiger partial charge in [0.2, 0.25) is 0 Å². The second kappa shape index (κ2) is 5.89. The third-order valence-corrected chi connectivity index (χ3v) is 3.62. The fourth-order valence-corrected chi connectivity index (χ4v) is 2.02. The van der Waals surface area contributed by atoms with Gasteiger partial charge in [-0.05, 0) is 18.3 Å². The Morgan fingerprint density at radius 3 is 2.29 bits per heavy atom. The van der Waals surface area contributed by atoms with E-state index in [-0.39, 0.29) is 12.6 Å². The zero-order chi connectivity index (χ0) is 13.0. The zero-order valence-electron chi connectivity index (χ0n) is 10.8. The molecular weight excluding hydrogens is 220 g/mol. The standard InChI is InChI=1S/C12H22N2O3/c1-4-10(11(15)16)5-13-12(17)14-6-8(2)9(3)7-14/h8-10H,4-7H2,1-3H3,(H,13,17)(H,15,16). The number of hydrogen-bond acceptors (Lipinski definition) is 2. The number of nitrogens with zero attached hydrogens (tertiary/aromatic N) is 1. The van der Waals surface area contributed by atoms with E-state index in [2.05, 4.69) is 19.2 Å². The number of urea groups is 1. The summed E-state index contributed by atoms with van der Waals surface area (Å²) in [7, 11) is 0. The van der Waals surface area contributed by atoms with Gasteiger partial charge in [0.25, 0.3) is 0 Å². The number of carbonyl (C=O) groups is 2. The molecule has 17 heavy (non-hydrogen) atoms. The maximum atomic E-state index is 11.8. The van der Waals surface area contributed by atoms with Gasteiger partial charge in [-0.15, -0.1) is 0 Å². The molecule has 0 aromatic rings. The average molecular weight is 242 g/mol. The molecule has 98 valence electrons. The van der Waals surface area contributed by atoms with Gasteiger partial charge in [-0.3, -0.25) is 4.79 Å². The molecular formula is C12H22N2O3. The lowest BCUT2D eigenvalue weighted by Crippen LogP contribution is -2.41. The van der Waals surface area contributed by atoms with Crippen molar-refractivity contribution in [1.82, 2.24) is 10.2 Å². The number of hydrogen-bond donors (Lipinski definition) is 2. The molecule has 1 aliphatic rings. The summed E-state index contributed by atoms with van der Waals surface area (Å²) in [5, 5.41) is 11.6. The van der Waals surface area contributed by atoms with Gasteiger partial charge >= 0.3 is 12.0 Å². The van der Waals surface area contributed by atoms with Crippen molar-refractivity contribution in [1.29, 1.82) is 0 Å². The van der Waals surface area contributed by atoms with Crippen LogP contribution < -0.4 is 5.32 Å². The summed E-state index contributed by atoms with van der Waals surface area (Å²) in [6.45, 7) is 7.80. The number of likely N-dealkylation sites (tertiary alicyclic amines) is 1. The average Bonchev–Trinajstić information content (AvgIpc) is 2.59. The molecule has 0 bridgehead atoms. The second-order valence-corrected chi connectivity index (χ2v) is 4.99. The molecule has 3 unspecified atom stereocenters. The normalized spacial score (nSPS) is 25.7. The van der Waals surface area contributed by atoms with Gasteiger partial charge in [-0.25, -0.2) is 4.79 Å². The Bertz CT molecular complexity index is 283. The topological polar surface area (TPSA) is 69.6 Å². The molecule has 1 heterocycles. The molecule has 1 rings (SSSR count). The van der Waals surface area contributed by atoms with Crippen LogP contribution in [0.5, 0.6) is 0 Å². The van der Waals surface area contributed by atoms with Crippen LogP contribution in [0.1, 0.15) is 27.2 Å². The second-order valence-electron chi connectivity index (χ2n) is 4.99. The van der Waals surface area contributed by atoms with Crippen molar-refractivity contribution in [2.24, 2.45) is 17.8 Å². The lowest BCUT2D eigenvalue weighted by atomic mass is 10.0. The Hall–Kier alpha value is -1.26. The van der Waals surface area contributed by atoms with E-state index in [0.717, 1.165) is 13.1 Å². The van der Waals surface area contributed by atoms with Gasteiger partial charge in [-0.2, -0.15) is 0 Å². The van der Waals surface area contributed by atoms with Crippen LogP contribution in [-0.4, -0.2) is 41.6 Å². The van der Waals surface area contributed by atoms with E-state index in [9.17, 15) is 9.59 Å². The van der Waals surface area contributed by atoms with Gasteiger partial charge in [-0.1, -0.05) is 20.8 Å². The van der Waals surface area contributed by atoms with Gasteiger partial charge < -0.3 is 15.3 Å². The molecule has 0 radical (unpaired) electrons. The van der Waals surface area contributed by atoms with Crippen molar-refractivity contribution in [3.8, 4) is 0 Å². The van der Waals surface area contributed by atoms with Crippen molar-refractivity contribution in [3.05, 3.63) is 0 Å². The monoisotopic (exact) mass is 242 g/mol. The molecule has 5 heteroatoms. The summed E-state index contributed by atoms with van der Waals surface area (Å²) in [6, 6.07) is -0.138. The predicted molar refractivity (Wildman–Crippen MR) is 64.7 cm³/mol. The molecule has 0 aromatic heterocycles. The van der Waals surface area contributed by atoms with E-state index in [0.29, 0.717) is 18.3 Å². The van der Waals surface area contributed by atoms with Crippen LogP contribution in [0.2, 0.25) is 0 Å². The highest BCUT2D eigenvalue weighted by atomic mass is 16.4. The lowest BCUT2D eigenvalue weighted by molar-refractivity contribution is -0.141. The Labute approximate surface area is 102 Å². The summed E-state index contributed by atoms with van der Waals surface area (Å²) in [5.74, 6) is -0.309. The van der Waals surface area contributed by atoms with Gasteiger partial charge in [0.05, 0.1) is 5.92 Å². The summed E-state index contributed by atoms with van der Waals surface area (Å²) in [5.41, 5.74) is 0. The van der Waals surface area contributed by atoms with Crippen molar-refractivity contribution >= 4 is 12.0 Å². The smallest absolute Gasteiger partial charge is 0.317 e. The minimum Gasteiger partial charge on any atom is -0.481 e. The van der Waals surface area contributed by atoms with E-state index in [4.69, 9.17) is 5.11 Å². The first-order valence-electron chi connectivity index (χ1n) is 6.21. The number of amides is 2. The number of rotatable bonds is 4. The number of carbonyl (C=O) groups excluding carboxylic acids is 1. The third kappa shape index (κ3) is 3.61. The van der Waals surface area contributed by atoms with Crippen molar-refractivity contribution in [3.63, 3.8) is 0 Å². The minimum atomic E-state index is -0.851. The predicted octanol–water partition coefficient (Wildman–Crippen LogP) is 1.39. The molecule has 5 nitrogen and oxygen atoms in total. The Morgan fingerprint density at radius 2 is 1.88 bits per heavy atom. The highest BCUT2D eigenvalue weighted by molar-refractivity contribution is 5.76. The molecule has 0 spiro atoms. The van der Waals surface area contributed by atoms with Gasteiger partial charge in [0.1, 0.15) is 0 Å². The number of aliphatic carboxylic acids is 1. The van der Waals surface area contributed by atoms with E-state index in [1.54, 1.807) is 4.90 Å². The van der Waals surface area contributed by atoms with E-state index in [1.165, 1.54) is 0 Å². The molecule has 0 aromatic carbocycles. The highest BCUT2D eigenvalue weighted by Gasteiger charge is 2.29. The first-order valence-corrected chi connectivity index (χ1v) is 6.21. The summed E-state index contributed by atoms with van der Waals surface area (Å²) in [6.07, 6.45) is 0.530. The van der Waals surface area contributed by atoms with Crippen molar-refractivity contribution < 1.29 is 14.7 Å². The van der Waals surface area contributed by atoms with Crippen LogP contribution in [0.3, 0.4) is 0 Å². The Kier molecular flexibility index (Phi) is 4.78. The quantitative estimate of drug-likeness (QED) is 0.782. The first-order chi connectivity index (χ1) is 7.95. The SMILES string of the molecule is CCC(CNC(=O)N1CC(C)C(C)C1)C(=O)O. The number of carboxylic acid groups (broad SMARTS) is 1. The molecule has 2 N–H and O–H groups in total. The fraction of sp³-hybridized carbons (Fsp3) is 0.833. The van der Waals surface area contributed by atoms with Crippen LogP contribution in [0.15, 0.2) is 0 Å². The van der Waals surface area contributed by atoms with Crippen LogP contribution in [0.25, 0.3) is 0 Å². The van der Waals surface area contributed by atoms with E-state index < -0.39 is 11.9 Å². The Morgan fingerprint density at radius 1 is 1.35 bits per heavy atom. The molecule has 1 saturated heterocycles. The number of carboxylic acids is 1. The maximum Gasteiger partial charge on any atom is 0.317 e. The molecule has 0 aliphatic carbocycles. The maximum absolute atomic E-state index is 11.8. The Balaban J connectivity index is 2.37. The van der Waals surface area contributed by atoms with E-state index in [1.807, 2.05) is 6.92 Å². The molecule has 2 amide bonds. The summed E-state index contributed by atoms with van der Waals surface area (Å²) < 4.78 is 0. The largest absolute Gasteiger partial charge is 0.481 e. The molecule has 0 saturated carbocycles. The zero-order valence-corrected chi connectivity index (χ0v) is 10.8. The van der Waals surface area contributed by atoms with Crippen LogP contribution in [0, 0.1) is 17.8 Å². The summed E-state index contributed by atoms with van der Waals surface area (Å²) >= 11 is 0. The van der Waals surface area contributed by atoms with Crippen LogP contribution >= 0.6 is 0 Å². The molecule has 1 fully saturated rings. The fourth-order valence-electron chi connectivity index (χ4n) is 2.02. The van der Waals surface area contributed by atoms with Crippen LogP contribution in [-0.2, 0) is 4.79 Å². The van der Waals surface area contributed by atoms with Crippen molar-refractivity contribution in [2.75, 3.05) is 19.6 Å². The van der Waals surface area contributed by atoms with Gasteiger partial charge in [0, 0.05) is 19.6 Å². The minimum absolute atomic E-state index is 0.138. The highest BCUT2D eigenvalue weighted by Crippen LogP contribution is 2.21.